The van der Waals surface area contributed by atoms with E-state index in [2.05, 4.69) is 24.4 Å². The molecule has 0 fully saturated rings. The lowest BCUT2D eigenvalue weighted by molar-refractivity contribution is 0.0751. The molecule has 0 spiro atoms. The van der Waals surface area contributed by atoms with Crippen LogP contribution in [0, 0.1) is 6.92 Å². The van der Waals surface area contributed by atoms with Crippen molar-refractivity contribution < 1.29 is 4.79 Å². The summed E-state index contributed by atoms with van der Waals surface area (Å²) in [5, 5.41) is 3.30. The lowest BCUT2D eigenvalue weighted by Crippen LogP contribution is -2.25. The molecule has 0 radical (unpaired) electrons. The van der Waals surface area contributed by atoms with Crippen LogP contribution in [-0.4, -0.2) is 17.4 Å². The van der Waals surface area contributed by atoms with Gasteiger partial charge in [-0.1, -0.05) is 24.3 Å². The van der Waals surface area contributed by atoms with Crippen molar-refractivity contribution in [3.05, 3.63) is 64.7 Å². The fourth-order valence-corrected chi connectivity index (χ4v) is 2.84. The molecule has 2 aromatic carbocycles. The second-order valence-electron chi connectivity index (χ2n) is 5.49. The first-order chi connectivity index (χ1) is 10.2. The Bertz CT molecular complexity index is 654. The van der Waals surface area contributed by atoms with Crippen LogP contribution in [0.15, 0.2) is 42.5 Å². The number of benzene rings is 2. The number of nitrogens with one attached hydrogen (secondary N) is 1. The number of fused-ring (bicyclic) bond motifs is 1. The summed E-state index contributed by atoms with van der Waals surface area (Å²) in [7, 11) is 0. The molecule has 0 saturated carbocycles. The van der Waals surface area contributed by atoms with Crippen LogP contribution < -0.4 is 5.32 Å². The topological polar surface area (TPSA) is 32.3 Å². The highest BCUT2D eigenvalue weighted by atomic mass is 16.2. The van der Waals surface area contributed by atoms with Gasteiger partial charge in [0, 0.05) is 30.9 Å². The second kappa shape index (κ2) is 5.60. The molecule has 108 valence electrons. The average molecular weight is 280 g/mol. The van der Waals surface area contributed by atoms with Gasteiger partial charge in [0.15, 0.2) is 0 Å². The first kappa shape index (κ1) is 13.7. The van der Waals surface area contributed by atoms with Crippen LogP contribution in [0.4, 0.5) is 5.69 Å². The zero-order valence-electron chi connectivity index (χ0n) is 12.5. The van der Waals surface area contributed by atoms with E-state index in [-0.39, 0.29) is 5.91 Å². The molecule has 21 heavy (non-hydrogen) atoms. The lowest BCUT2D eigenvalue weighted by atomic mass is 10.1. The molecule has 1 aliphatic rings. The molecule has 1 N–H and O–H groups in total. The molecule has 0 aromatic heterocycles. The normalized spacial score (nSPS) is 13.1. The molecule has 1 heterocycles. The van der Waals surface area contributed by atoms with Crippen LogP contribution >= 0.6 is 0 Å². The van der Waals surface area contributed by atoms with Crippen molar-refractivity contribution in [3.63, 3.8) is 0 Å². The molecule has 0 bridgehead atoms. The standard InChI is InChI=1S/C18H20N2O/c1-3-19-17-9-8-14(10-13(17)2)18(21)20-11-15-6-4-5-7-16(15)12-20/h4-10,19H,3,11-12H2,1-2H3. The summed E-state index contributed by atoms with van der Waals surface area (Å²) < 4.78 is 0. The highest BCUT2D eigenvalue weighted by molar-refractivity contribution is 5.95. The van der Waals surface area contributed by atoms with Gasteiger partial charge in [-0.05, 0) is 48.7 Å². The molecule has 3 nitrogen and oxygen atoms in total. The van der Waals surface area contributed by atoms with Gasteiger partial charge in [-0.3, -0.25) is 4.79 Å². The van der Waals surface area contributed by atoms with E-state index in [1.54, 1.807) is 0 Å². The number of hydrogen-bond donors (Lipinski definition) is 1. The molecule has 3 rings (SSSR count). The predicted octanol–water partition coefficient (Wildman–Crippen LogP) is 3.58. The molecule has 0 unspecified atom stereocenters. The Balaban J connectivity index is 1.79. The van der Waals surface area contributed by atoms with Crippen LogP contribution in [-0.2, 0) is 13.1 Å². The van der Waals surface area contributed by atoms with Crippen LogP contribution in [0.3, 0.4) is 0 Å². The average Bonchev–Trinajstić information content (AvgIpc) is 2.92. The summed E-state index contributed by atoms with van der Waals surface area (Å²) in [5.74, 6) is 0.109. The van der Waals surface area contributed by atoms with Crippen molar-refractivity contribution >= 4 is 11.6 Å². The number of nitrogens with zero attached hydrogens (tertiary/aromatic N) is 1. The van der Waals surface area contributed by atoms with Gasteiger partial charge in [-0.15, -0.1) is 0 Å². The van der Waals surface area contributed by atoms with Crippen LogP contribution in [0.25, 0.3) is 0 Å². The third-order valence-corrected chi connectivity index (χ3v) is 3.97. The third-order valence-electron chi connectivity index (χ3n) is 3.97. The first-order valence-corrected chi connectivity index (χ1v) is 7.39. The minimum Gasteiger partial charge on any atom is -0.385 e. The first-order valence-electron chi connectivity index (χ1n) is 7.39. The maximum absolute atomic E-state index is 12.6. The minimum absolute atomic E-state index is 0.109. The highest BCUT2D eigenvalue weighted by Gasteiger charge is 2.23. The van der Waals surface area contributed by atoms with Crippen molar-refractivity contribution in [2.75, 3.05) is 11.9 Å². The number of aryl methyl sites for hydroxylation is 1. The molecule has 0 atom stereocenters. The van der Waals surface area contributed by atoms with Gasteiger partial charge >= 0.3 is 0 Å². The number of anilines is 1. The van der Waals surface area contributed by atoms with Crippen LogP contribution in [0.1, 0.15) is 34.0 Å². The van der Waals surface area contributed by atoms with Gasteiger partial charge < -0.3 is 10.2 Å². The van der Waals surface area contributed by atoms with Gasteiger partial charge in [-0.2, -0.15) is 0 Å². The summed E-state index contributed by atoms with van der Waals surface area (Å²) in [5.41, 5.74) is 5.49. The number of rotatable bonds is 3. The summed E-state index contributed by atoms with van der Waals surface area (Å²) >= 11 is 0. The Hall–Kier alpha value is -2.29. The molecule has 0 aliphatic carbocycles. The summed E-state index contributed by atoms with van der Waals surface area (Å²) in [6, 6.07) is 14.1. The molecule has 1 aliphatic heterocycles. The fraction of sp³-hybridized carbons (Fsp3) is 0.278. The quantitative estimate of drug-likeness (QED) is 0.932. The van der Waals surface area contributed by atoms with Crippen LogP contribution in [0.5, 0.6) is 0 Å². The summed E-state index contributed by atoms with van der Waals surface area (Å²) in [6.07, 6.45) is 0. The van der Waals surface area contributed by atoms with E-state index < -0.39 is 0 Å². The Morgan fingerprint density at radius 3 is 2.38 bits per heavy atom. The van der Waals surface area contributed by atoms with E-state index in [4.69, 9.17) is 0 Å². The van der Waals surface area contributed by atoms with Crippen molar-refractivity contribution in [3.8, 4) is 0 Å². The largest absolute Gasteiger partial charge is 0.385 e. The van der Waals surface area contributed by atoms with Gasteiger partial charge in [0.2, 0.25) is 0 Å². The Morgan fingerprint density at radius 2 is 1.81 bits per heavy atom. The van der Waals surface area contributed by atoms with E-state index in [9.17, 15) is 4.79 Å². The SMILES string of the molecule is CCNc1ccc(C(=O)N2Cc3ccccc3C2)cc1C. The second-order valence-corrected chi connectivity index (χ2v) is 5.49. The zero-order chi connectivity index (χ0) is 14.8. The fourth-order valence-electron chi connectivity index (χ4n) is 2.84. The van der Waals surface area contributed by atoms with Crippen molar-refractivity contribution in [2.24, 2.45) is 0 Å². The Kier molecular flexibility index (Phi) is 3.65. The number of carbonyl (C=O) groups is 1. The zero-order valence-corrected chi connectivity index (χ0v) is 12.5. The van der Waals surface area contributed by atoms with Gasteiger partial charge in [0.1, 0.15) is 0 Å². The minimum atomic E-state index is 0.109. The van der Waals surface area contributed by atoms with Crippen LogP contribution in [0.2, 0.25) is 0 Å². The van der Waals surface area contributed by atoms with E-state index in [1.165, 1.54) is 11.1 Å². The Labute approximate surface area is 125 Å². The van der Waals surface area contributed by atoms with E-state index in [0.717, 1.165) is 23.4 Å². The molecular weight excluding hydrogens is 260 g/mol. The van der Waals surface area contributed by atoms with E-state index in [1.807, 2.05) is 42.2 Å². The molecule has 2 aromatic rings. The monoisotopic (exact) mass is 280 g/mol. The van der Waals surface area contributed by atoms with Gasteiger partial charge in [0.25, 0.3) is 5.91 Å². The highest BCUT2D eigenvalue weighted by Crippen LogP contribution is 2.25. The number of amides is 1. The smallest absolute Gasteiger partial charge is 0.254 e. The lowest BCUT2D eigenvalue weighted by Gasteiger charge is -2.17. The molecular formula is C18H20N2O. The predicted molar refractivity (Wildman–Crippen MR) is 85.4 cm³/mol. The number of hydrogen-bond acceptors (Lipinski definition) is 2. The van der Waals surface area contributed by atoms with E-state index >= 15 is 0 Å². The molecule has 3 heteroatoms. The third kappa shape index (κ3) is 2.64. The van der Waals surface area contributed by atoms with Crippen molar-refractivity contribution in [1.29, 1.82) is 0 Å². The summed E-state index contributed by atoms with van der Waals surface area (Å²) in [6.45, 7) is 6.41. The van der Waals surface area contributed by atoms with Crippen molar-refractivity contribution in [1.82, 2.24) is 4.90 Å². The maximum atomic E-state index is 12.6. The molecule has 1 amide bonds. The van der Waals surface area contributed by atoms with Gasteiger partial charge in [-0.25, -0.2) is 0 Å². The van der Waals surface area contributed by atoms with E-state index in [0.29, 0.717) is 13.1 Å². The maximum Gasteiger partial charge on any atom is 0.254 e. The summed E-state index contributed by atoms with van der Waals surface area (Å²) in [4.78, 5) is 14.6. The van der Waals surface area contributed by atoms with Gasteiger partial charge in [0.05, 0.1) is 0 Å². The van der Waals surface area contributed by atoms with Crippen molar-refractivity contribution in [2.45, 2.75) is 26.9 Å². The molecule has 0 saturated heterocycles. The Morgan fingerprint density at radius 1 is 1.14 bits per heavy atom. The number of carbonyl (C=O) groups excluding carboxylic acids is 1.